The van der Waals surface area contributed by atoms with E-state index < -0.39 is 0 Å². The van der Waals surface area contributed by atoms with Gasteiger partial charge in [-0.2, -0.15) is 0 Å². The lowest BCUT2D eigenvalue weighted by Crippen LogP contribution is -2.27. The zero-order chi connectivity index (χ0) is 50.2. The van der Waals surface area contributed by atoms with Crippen LogP contribution in [-0.4, -0.2) is 4.57 Å². The molecule has 1 unspecified atom stereocenters. The third-order valence-electron chi connectivity index (χ3n) is 14.2. The van der Waals surface area contributed by atoms with E-state index in [1.807, 2.05) is 74.5 Å². The summed E-state index contributed by atoms with van der Waals surface area (Å²) in [5.41, 5.74) is 25.5. The minimum absolute atomic E-state index is 0.368. The quantitative estimate of drug-likeness (QED) is 0.160. The fourth-order valence-corrected chi connectivity index (χ4v) is 11.2. The van der Waals surface area contributed by atoms with Crippen LogP contribution in [0.1, 0.15) is 122 Å². The molecule has 0 saturated heterocycles. The molecule has 13 rings (SSSR count). The molecule has 2 nitrogen and oxygen atoms in total. The van der Waals surface area contributed by atoms with Crippen molar-refractivity contribution in [3.63, 3.8) is 0 Å². The second-order valence-electron chi connectivity index (χ2n) is 17.9. The minimum Gasteiger partial charge on any atom is -0.310 e. The van der Waals surface area contributed by atoms with Crippen LogP contribution in [0.2, 0.25) is 0 Å². The van der Waals surface area contributed by atoms with E-state index in [0.717, 1.165) is 30.6 Å². The number of aromatic nitrogens is 1. The Morgan fingerprint density at radius 3 is 1.82 bits per heavy atom. The van der Waals surface area contributed by atoms with Crippen LogP contribution in [0.15, 0.2) is 217 Å². The molecule has 0 radical (unpaired) electrons. The topological polar surface area (TPSA) is 8.17 Å². The zero-order valence-corrected chi connectivity index (χ0v) is 44.1. The Balaban J connectivity index is 0.000000406. The maximum atomic E-state index is 2.53. The average molecular weight is 929 g/mol. The van der Waals surface area contributed by atoms with Gasteiger partial charge in [-0.3, -0.25) is 0 Å². The lowest BCUT2D eigenvalue weighted by Gasteiger charge is -2.33. The Labute approximate surface area is 425 Å². The van der Waals surface area contributed by atoms with Crippen molar-refractivity contribution in [2.45, 2.75) is 101 Å². The van der Waals surface area contributed by atoms with Gasteiger partial charge < -0.3 is 9.47 Å². The average Bonchev–Trinajstić information content (AvgIpc) is 4.31. The van der Waals surface area contributed by atoms with Crippen LogP contribution in [-0.2, 0) is 11.8 Å². The van der Waals surface area contributed by atoms with Crippen LogP contribution < -0.4 is 4.90 Å². The van der Waals surface area contributed by atoms with Gasteiger partial charge in [-0.1, -0.05) is 187 Å². The summed E-state index contributed by atoms with van der Waals surface area (Å²) in [7, 11) is 0. The van der Waals surface area contributed by atoms with Crippen LogP contribution >= 0.6 is 0 Å². The lowest BCUT2D eigenvalue weighted by atomic mass is 9.69. The summed E-state index contributed by atoms with van der Waals surface area (Å²) in [6.45, 7) is 22.2. The normalized spacial score (nSPS) is 15.4. The van der Waals surface area contributed by atoms with Gasteiger partial charge in [0.05, 0.1) is 16.4 Å². The van der Waals surface area contributed by atoms with Crippen molar-refractivity contribution in [3.8, 4) is 16.8 Å². The van der Waals surface area contributed by atoms with Gasteiger partial charge in [-0.15, -0.1) is 0 Å². The predicted molar refractivity (Wildman–Crippen MR) is 312 cm³/mol. The van der Waals surface area contributed by atoms with E-state index in [0.29, 0.717) is 0 Å². The highest BCUT2D eigenvalue weighted by atomic mass is 15.1. The maximum absolute atomic E-state index is 2.53. The largest absolute Gasteiger partial charge is 0.310 e. The van der Waals surface area contributed by atoms with Crippen molar-refractivity contribution in [2.24, 2.45) is 0 Å². The summed E-state index contributed by atoms with van der Waals surface area (Å²) in [6, 6.07) is 59.0. The third kappa shape index (κ3) is 8.48. The van der Waals surface area contributed by atoms with E-state index >= 15 is 0 Å². The first-order valence-electron chi connectivity index (χ1n) is 26.3. The molecule has 0 fully saturated rings. The fourth-order valence-electron chi connectivity index (χ4n) is 11.2. The van der Waals surface area contributed by atoms with E-state index in [1.54, 1.807) is 0 Å². The van der Waals surface area contributed by atoms with Gasteiger partial charge in [0.25, 0.3) is 0 Å². The predicted octanol–water partition coefficient (Wildman–Crippen LogP) is 20.2. The first kappa shape index (κ1) is 50.0. The zero-order valence-electron chi connectivity index (χ0n) is 44.1. The van der Waals surface area contributed by atoms with Crippen LogP contribution in [0, 0.1) is 0 Å². The van der Waals surface area contributed by atoms with Crippen molar-refractivity contribution in [2.75, 3.05) is 4.90 Å². The number of hydrogen-bond acceptors (Lipinski definition) is 1. The van der Waals surface area contributed by atoms with Gasteiger partial charge in [0, 0.05) is 33.5 Å². The lowest BCUT2D eigenvalue weighted by molar-refractivity contribution is 0.786. The van der Waals surface area contributed by atoms with E-state index in [1.165, 1.54) is 106 Å². The van der Waals surface area contributed by atoms with Crippen molar-refractivity contribution < 1.29 is 0 Å². The smallest absolute Gasteiger partial charge is 0.0723 e. The number of para-hydroxylation sites is 3. The fraction of sp³-hybridized carbons (Fsp3) is 0.217. The molecule has 71 heavy (non-hydrogen) atoms. The molecule has 7 aromatic carbocycles. The molecule has 0 bridgehead atoms. The molecule has 1 atom stereocenters. The van der Waals surface area contributed by atoms with Gasteiger partial charge in [0.15, 0.2) is 0 Å². The SMILES string of the molecule is C/C=C\C.C1=CC2=C(C1)c1ccc(N(c3ccccc3)c3ccc4c(c3)c3ccccc3n4-c3ccccc3)cc1C21c2ccccc2-c2c1ccc1c2CC2=C1CC=C2.CC.CC.CC.CC=C(C)C. The Bertz CT molecular complexity index is 3370. The van der Waals surface area contributed by atoms with E-state index in [9.17, 15) is 0 Å². The summed E-state index contributed by atoms with van der Waals surface area (Å²) >= 11 is 0. The van der Waals surface area contributed by atoms with Crippen molar-refractivity contribution in [1.29, 1.82) is 0 Å². The summed E-state index contributed by atoms with van der Waals surface area (Å²) in [5, 5.41) is 2.50. The Kier molecular flexibility index (Phi) is 15.6. The van der Waals surface area contributed by atoms with Gasteiger partial charge in [-0.25, -0.2) is 0 Å². The Morgan fingerprint density at radius 1 is 0.507 bits per heavy atom. The maximum Gasteiger partial charge on any atom is 0.0723 e. The molecule has 1 heterocycles. The second kappa shape index (κ2) is 22.1. The highest BCUT2D eigenvalue weighted by molar-refractivity contribution is 6.11. The molecule has 1 spiro atoms. The molecule has 0 amide bonds. The van der Waals surface area contributed by atoms with Gasteiger partial charge in [0.2, 0.25) is 0 Å². The van der Waals surface area contributed by atoms with E-state index in [4.69, 9.17) is 0 Å². The molecule has 0 N–H and O–H groups in total. The van der Waals surface area contributed by atoms with E-state index in [-0.39, 0.29) is 5.41 Å². The Morgan fingerprint density at radius 2 is 1.10 bits per heavy atom. The minimum atomic E-state index is -0.368. The molecule has 0 aliphatic heterocycles. The number of benzene rings is 7. The van der Waals surface area contributed by atoms with Gasteiger partial charge in [0.1, 0.15) is 0 Å². The Hall–Kier alpha value is -7.42. The summed E-state index contributed by atoms with van der Waals surface area (Å²) in [6.07, 6.45) is 18.7. The number of fused-ring (bicyclic) bond motifs is 15. The third-order valence-corrected chi connectivity index (χ3v) is 14.2. The second-order valence-corrected chi connectivity index (χ2v) is 17.9. The van der Waals surface area contributed by atoms with Crippen molar-refractivity contribution in [1.82, 2.24) is 4.57 Å². The number of anilines is 3. The molecule has 0 saturated carbocycles. The number of allylic oxidation sites excluding steroid dienone is 12. The monoisotopic (exact) mass is 929 g/mol. The highest BCUT2D eigenvalue weighted by Gasteiger charge is 2.54. The first-order valence-corrected chi connectivity index (χ1v) is 26.3. The summed E-state index contributed by atoms with van der Waals surface area (Å²) in [4.78, 5) is 2.46. The summed E-state index contributed by atoms with van der Waals surface area (Å²) in [5.74, 6) is 0. The van der Waals surface area contributed by atoms with Crippen LogP contribution in [0.4, 0.5) is 17.1 Å². The molecule has 5 aliphatic rings. The first-order chi connectivity index (χ1) is 35.0. The van der Waals surface area contributed by atoms with Crippen molar-refractivity contribution in [3.05, 3.63) is 250 Å². The van der Waals surface area contributed by atoms with Gasteiger partial charge >= 0.3 is 0 Å². The number of hydrogen-bond donors (Lipinski definition) is 0. The molecule has 5 aliphatic carbocycles. The van der Waals surface area contributed by atoms with Crippen LogP contribution in [0.5, 0.6) is 0 Å². The van der Waals surface area contributed by atoms with Crippen LogP contribution in [0.25, 0.3) is 49.8 Å². The molecule has 8 aromatic rings. The molecule has 358 valence electrons. The number of nitrogens with zero attached hydrogens (tertiary/aromatic N) is 2. The standard InChI is InChI=1S/C54H36N2.C5H10.C4H8.3C2H6/c1-3-14-35(15-4-1)55(37-26-30-52-45(32-37)43-18-8-10-24-51(43)56(52)36-16-5-2-6-17-36)38-25-27-42-41-21-12-23-47(41)54(50(42)33-38)48-22-9-7-19-44(48)53-46-31-34-13-11-20-39(34)40(46)28-29-49(53)54;1-4-5(2)3;1-3-4-2;3*1-2/h1-19,22-30,32-33H,20-21,31H2;4H,1-3H3;3-4H,1-2H3;3*1-2H3/b;;4-3-;;;. The van der Waals surface area contributed by atoms with Gasteiger partial charge in [-0.05, 0) is 181 Å². The molecular weight excluding hydrogens is 857 g/mol. The van der Waals surface area contributed by atoms with Crippen LogP contribution in [0.3, 0.4) is 0 Å². The molecule has 2 heteroatoms. The molecular formula is C69H72N2. The molecule has 1 aromatic heterocycles. The highest BCUT2D eigenvalue weighted by Crippen LogP contribution is 2.66. The van der Waals surface area contributed by atoms with E-state index in [2.05, 4.69) is 211 Å². The van der Waals surface area contributed by atoms with Crippen molar-refractivity contribution >= 4 is 50.0 Å². The number of rotatable bonds is 4. The summed E-state index contributed by atoms with van der Waals surface area (Å²) < 4.78 is 2.40.